The molecule has 1 aromatic rings. The molecule has 1 aromatic carbocycles. The molecule has 3 rings (SSSR count). The Morgan fingerprint density at radius 2 is 2.11 bits per heavy atom. The van der Waals surface area contributed by atoms with Crippen LogP contribution in [0.4, 0.5) is 5.69 Å². The molecule has 2 aliphatic rings. The molecule has 2 saturated heterocycles. The van der Waals surface area contributed by atoms with Crippen molar-refractivity contribution in [2.24, 2.45) is 0 Å². The van der Waals surface area contributed by atoms with Crippen molar-refractivity contribution in [3.8, 4) is 5.75 Å². The van der Waals surface area contributed by atoms with E-state index >= 15 is 0 Å². The van der Waals surface area contributed by atoms with Gasteiger partial charge in [0.25, 0.3) is 0 Å². The molecule has 0 bridgehead atoms. The fraction of sp³-hybridized carbons (Fsp3) is 0.600. The molecule has 2 fully saturated rings. The molecule has 0 aliphatic carbocycles. The first-order valence-electron chi connectivity index (χ1n) is 6.91. The summed E-state index contributed by atoms with van der Waals surface area (Å²) in [5.41, 5.74) is 2.57. The van der Waals surface area contributed by atoms with E-state index in [9.17, 15) is 0 Å². The Bertz CT molecular complexity index is 433. The van der Waals surface area contributed by atoms with Crippen LogP contribution in [0.1, 0.15) is 18.4 Å². The van der Waals surface area contributed by atoms with Gasteiger partial charge in [0.1, 0.15) is 5.75 Å². The minimum absolute atomic E-state index is 0.754. The van der Waals surface area contributed by atoms with E-state index in [0.717, 1.165) is 24.9 Å². The van der Waals surface area contributed by atoms with Crippen molar-refractivity contribution in [1.82, 2.24) is 4.90 Å². The van der Waals surface area contributed by atoms with Crippen molar-refractivity contribution in [3.05, 3.63) is 23.8 Å². The lowest BCUT2D eigenvalue weighted by Gasteiger charge is -2.39. The lowest BCUT2D eigenvalue weighted by Crippen LogP contribution is -2.50. The van der Waals surface area contributed by atoms with Gasteiger partial charge in [0, 0.05) is 25.7 Å². The molecule has 0 saturated carbocycles. The minimum atomic E-state index is 0.754. The second-order valence-corrected chi connectivity index (χ2v) is 5.45. The maximum atomic E-state index is 5.51. The summed E-state index contributed by atoms with van der Waals surface area (Å²) in [5.74, 6) is 1.01. The highest BCUT2D eigenvalue weighted by Gasteiger charge is 2.31. The topological polar surface area (TPSA) is 15.7 Å². The van der Waals surface area contributed by atoms with Crippen LogP contribution >= 0.6 is 0 Å². The van der Waals surface area contributed by atoms with Crippen molar-refractivity contribution < 1.29 is 4.74 Å². The number of benzene rings is 1. The number of aryl methyl sites for hydroxylation is 1. The Balaban J connectivity index is 1.84. The summed E-state index contributed by atoms with van der Waals surface area (Å²) < 4.78 is 5.51. The molecular weight excluding hydrogens is 224 g/mol. The minimum Gasteiger partial charge on any atom is -0.495 e. The van der Waals surface area contributed by atoms with Gasteiger partial charge in [-0.1, -0.05) is 6.07 Å². The number of rotatable bonds is 2. The van der Waals surface area contributed by atoms with Crippen LogP contribution in [0.2, 0.25) is 0 Å². The molecule has 1 unspecified atom stereocenters. The van der Waals surface area contributed by atoms with Crippen LogP contribution < -0.4 is 9.64 Å². The number of hydrogen-bond acceptors (Lipinski definition) is 3. The molecule has 0 amide bonds. The van der Waals surface area contributed by atoms with Crippen LogP contribution in [0.5, 0.6) is 5.75 Å². The van der Waals surface area contributed by atoms with Crippen LogP contribution in [0.3, 0.4) is 0 Å². The van der Waals surface area contributed by atoms with Crippen molar-refractivity contribution in [2.75, 3.05) is 38.2 Å². The zero-order valence-electron chi connectivity index (χ0n) is 11.4. The fourth-order valence-electron chi connectivity index (χ4n) is 3.26. The molecular formula is C15H22N2O. The molecule has 0 radical (unpaired) electrons. The van der Waals surface area contributed by atoms with Gasteiger partial charge in [0.15, 0.2) is 0 Å². The number of ether oxygens (including phenoxy) is 1. The predicted octanol–water partition coefficient (Wildman–Crippen LogP) is 2.29. The Kier molecular flexibility index (Phi) is 3.16. The number of fused-ring (bicyclic) bond motifs is 1. The third-order valence-electron chi connectivity index (χ3n) is 4.26. The maximum absolute atomic E-state index is 5.51. The first-order valence-corrected chi connectivity index (χ1v) is 6.91. The Morgan fingerprint density at radius 1 is 1.22 bits per heavy atom. The summed E-state index contributed by atoms with van der Waals surface area (Å²) in [6.07, 6.45) is 2.72. The third kappa shape index (κ3) is 2.07. The second kappa shape index (κ2) is 4.81. The zero-order chi connectivity index (χ0) is 12.5. The lowest BCUT2D eigenvalue weighted by molar-refractivity contribution is 0.230. The highest BCUT2D eigenvalue weighted by atomic mass is 16.5. The largest absolute Gasteiger partial charge is 0.495 e. The highest BCUT2D eigenvalue weighted by Crippen LogP contribution is 2.32. The molecule has 0 aromatic heterocycles. The normalized spacial score (nSPS) is 24.1. The van der Waals surface area contributed by atoms with Gasteiger partial charge in [-0.25, -0.2) is 0 Å². The Morgan fingerprint density at radius 3 is 2.94 bits per heavy atom. The standard InChI is InChI=1S/C15H22N2O/c1-12-5-6-15(18-2)14(10-12)17-9-8-16-7-3-4-13(16)11-17/h5-6,10,13H,3-4,7-9,11H2,1-2H3. The Hall–Kier alpha value is -1.22. The van der Waals surface area contributed by atoms with Gasteiger partial charge in [-0.2, -0.15) is 0 Å². The first-order chi connectivity index (χ1) is 8.78. The lowest BCUT2D eigenvalue weighted by atomic mass is 10.1. The van der Waals surface area contributed by atoms with Gasteiger partial charge < -0.3 is 9.64 Å². The average Bonchev–Trinajstić information content (AvgIpc) is 2.85. The van der Waals surface area contributed by atoms with E-state index in [1.807, 2.05) is 0 Å². The van der Waals surface area contributed by atoms with Gasteiger partial charge in [-0.15, -0.1) is 0 Å². The fourth-order valence-corrected chi connectivity index (χ4v) is 3.26. The van der Waals surface area contributed by atoms with E-state index in [1.165, 1.54) is 37.2 Å². The summed E-state index contributed by atoms with van der Waals surface area (Å²) in [7, 11) is 1.76. The summed E-state index contributed by atoms with van der Waals surface area (Å²) in [5, 5.41) is 0. The number of nitrogens with zero attached hydrogens (tertiary/aromatic N) is 2. The van der Waals surface area contributed by atoms with Crippen LogP contribution in [-0.2, 0) is 0 Å². The highest BCUT2D eigenvalue weighted by molar-refractivity contribution is 5.60. The van der Waals surface area contributed by atoms with Gasteiger partial charge in [0.2, 0.25) is 0 Å². The van der Waals surface area contributed by atoms with E-state index in [-0.39, 0.29) is 0 Å². The monoisotopic (exact) mass is 246 g/mol. The van der Waals surface area contributed by atoms with Crippen LogP contribution in [0.25, 0.3) is 0 Å². The number of hydrogen-bond donors (Lipinski definition) is 0. The van der Waals surface area contributed by atoms with Gasteiger partial charge in [-0.05, 0) is 44.0 Å². The number of anilines is 1. The summed E-state index contributed by atoms with van der Waals surface area (Å²) in [6, 6.07) is 7.22. The first kappa shape index (κ1) is 11.8. The number of piperazine rings is 1. The van der Waals surface area contributed by atoms with E-state index in [2.05, 4.69) is 34.9 Å². The van der Waals surface area contributed by atoms with Gasteiger partial charge in [0.05, 0.1) is 12.8 Å². The van der Waals surface area contributed by atoms with Crippen LogP contribution in [0.15, 0.2) is 18.2 Å². The molecule has 0 spiro atoms. The SMILES string of the molecule is COc1ccc(C)cc1N1CCN2CCCC2C1. The average molecular weight is 246 g/mol. The molecule has 2 heterocycles. The molecule has 18 heavy (non-hydrogen) atoms. The number of methoxy groups -OCH3 is 1. The quantitative estimate of drug-likeness (QED) is 0.796. The maximum Gasteiger partial charge on any atom is 0.142 e. The van der Waals surface area contributed by atoms with Crippen molar-refractivity contribution in [1.29, 1.82) is 0 Å². The molecule has 3 nitrogen and oxygen atoms in total. The Labute approximate surface area is 109 Å². The molecule has 1 atom stereocenters. The van der Waals surface area contributed by atoms with Gasteiger partial charge >= 0.3 is 0 Å². The smallest absolute Gasteiger partial charge is 0.142 e. The molecule has 3 heteroatoms. The van der Waals surface area contributed by atoms with E-state index in [4.69, 9.17) is 4.74 Å². The summed E-state index contributed by atoms with van der Waals surface area (Å²) in [6.45, 7) is 6.91. The van der Waals surface area contributed by atoms with Crippen molar-refractivity contribution >= 4 is 5.69 Å². The van der Waals surface area contributed by atoms with E-state index in [0.29, 0.717) is 0 Å². The molecule has 2 aliphatic heterocycles. The summed E-state index contributed by atoms with van der Waals surface area (Å²) >= 11 is 0. The van der Waals surface area contributed by atoms with Crippen LogP contribution in [-0.4, -0.2) is 44.2 Å². The molecule has 98 valence electrons. The van der Waals surface area contributed by atoms with Crippen molar-refractivity contribution in [2.45, 2.75) is 25.8 Å². The predicted molar refractivity (Wildman–Crippen MR) is 74.5 cm³/mol. The van der Waals surface area contributed by atoms with E-state index in [1.54, 1.807) is 7.11 Å². The zero-order valence-corrected chi connectivity index (χ0v) is 11.4. The van der Waals surface area contributed by atoms with Gasteiger partial charge in [-0.3, -0.25) is 4.90 Å². The second-order valence-electron chi connectivity index (χ2n) is 5.45. The van der Waals surface area contributed by atoms with Crippen molar-refractivity contribution in [3.63, 3.8) is 0 Å². The van der Waals surface area contributed by atoms with Crippen LogP contribution in [0, 0.1) is 6.92 Å². The molecule has 0 N–H and O–H groups in total. The van der Waals surface area contributed by atoms with E-state index < -0.39 is 0 Å². The summed E-state index contributed by atoms with van der Waals surface area (Å²) in [4.78, 5) is 5.14. The third-order valence-corrected chi connectivity index (χ3v) is 4.26.